The SMILES string of the molecule is [13CH3]S(=O)(=O)O. The van der Waals surface area contributed by atoms with Crippen LogP contribution in [-0.4, -0.2) is 19.2 Å². The van der Waals surface area contributed by atoms with Gasteiger partial charge in [0, 0.05) is 0 Å². The third-order valence-electron chi connectivity index (χ3n) is 0. The molecule has 0 amide bonds. The largest absolute Gasteiger partial charge is 0.286 e. The van der Waals surface area contributed by atoms with Crippen LogP contribution in [0, 0.1) is 0 Å². The Bertz CT molecular complexity index is 90.1. The van der Waals surface area contributed by atoms with Gasteiger partial charge in [-0.05, 0) is 0 Å². The van der Waals surface area contributed by atoms with Crippen LogP contribution < -0.4 is 0 Å². The van der Waals surface area contributed by atoms with Crippen molar-refractivity contribution in [3.05, 3.63) is 0 Å². The van der Waals surface area contributed by atoms with Gasteiger partial charge in [-0.3, -0.25) is 4.55 Å². The van der Waals surface area contributed by atoms with Gasteiger partial charge in [0.2, 0.25) is 0 Å². The summed E-state index contributed by atoms with van der Waals surface area (Å²) >= 11 is 0. The van der Waals surface area contributed by atoms with E-state index in [4.69, 9.17) is 4.55 Å². The maximum absolute atomic E-state index is 9.19. The van der Waals surface area contributed by atoms with Crippen molar-refractivity contribution in [2.24, 2.45) is 0 Å². The minimum atomic E-state index is -3.67. The standard InChI is InChI=1S/CH4O3S/c1-5(2,3)4/h1H3,(H,2,3,4)/i1+1. The average molecular weight is 97.1 g/mol. The molecule has 0 aliphatic rings. The summed E-state index contributed by atoms with van der Waals surface area (Å²) in [6, 6.07) is 0. The van der Waals surface area contributed by atoms with E-state index in [1.807, 2.05) is 0 Å². The Balaban J connectivity index is 4.06. The van der Waals surface area contributed by atoms with Crippen LogP contribution in [0.5, 0.6) is 0 Å². The molecule has 0 heterocycles. The summed E-state index contributed by atoms with van der Waals surface area (Å²) in [7, 11) is -3.67. The molecule has 0 saturated heterocycles. The summed E-state index contributed by atoms with van der Waals surface area (Å²) in [5.74, 6) is 0. The highest BCUT2D eigenvalue weighted by atomic mass is 32.2. The van der Waals surface area contributed by atoms with Gasteiger partial charge in [-0.25, -0.2) is 0 Å². The Labute approximate surface area is 30.4 Å². The second-order valence-corrected chi connectivity index (χ2v) is 2.20. The maximum atomic E-state index is 9.19. The van der Waals surface area contributed by atoms with E-state index in [9.17, 15) is 8.42 Å². The normalized spacial score (nSPS) is 11.6. The first kappa shape index (κ1) is 4.91. The van der Waals surface area contributed by atoms with Gasteiger partial charge in [0.25, 0.3) is 10.1 Å². The molecular weight excluding hydrogens is 93.1 g/mol. The molecule has 0 radical (unpaired) electrons. The Kier molecular flexibility index (Phi) is 0.931. The summed E-state index contributed by atoms with van der Waals surface area (Å²) in [5.41, 5.74) is 0. The molecule has 0 atom stereocenters. The fraction of sp³-hybridized carbons (Fsp3) is 1.00. The minimum absolute atomic E-state index is 0.715. The van der Waals surface area contributed by atoms with Gasteiger partial charge in [-0.2, -0.15) is 8.42 Å². The van der Waals surface area contributed by atoms with E-state index >= 15 is 0 Å². The van der Waals surface area contributed by atoms with Gasteiger partial charge in [0.05, 0.1) is 6.26 Å². The summed E-state index contributed by atoms with van der Waals surface area (Å²) < 4.78 is 25.9. The first-order valence-corrected chi connectivity index (χ1v) is 2.77. The van der Waals surface area contributed by atoms with Crippen LogP contribution in [-0.2, 0) is 10.1 Å². The van der Waals surface area contributed by atoms with Crippen LogP contribution in [0.2, 0.25) is 0 Å². The van der Waals surface area contributed by atoms with E-state index in [-0.39, 0.29) is 0 Å². The van der Waals surface area contributed by atoms with E-state index in [1.165, 1.54) is 0 Å². The highest BCUT2D eigenvalue weighted by Crippen LogP contribution is 1.60. The fourth-order valence-electron chi connectivity index (χ4n) is 0. The highest BCUT2D eigenvalue weighted by molar-refractivity contribution is 7.85. The van der Waals surface area contributed by atoms with Crippen LogP contribution >= 0.6 is 0 Å². The monoisotopic (exact) mass is 97.0 g/mol. The predicted molar refractivity (Wildman–Crippen MR) is 17.5 cm³/mol. The van der Waals surface area contributed by atoms with Crippen LogP contribution in [0.4, 0.5) is 0 Å². The summed E-state index contributed by atoms with van der Waals surface area (Å²) in [4.78, 5) is 0. The molecule has 0 fully saturated rings. The molecule has 0 aliphatic heterocycles. The Morgan fingerprint density at radius 1 is 1.60 bits per heavy atom. The van der Waals surface area contributed by atoms with Gasteiger partial charge in [-0.15, -0.1) is 0 Å². The summed E-state index contributed by atoms with van der Waals surface area (Å²) in [6.45, 7) is 0. The number of rotatable bonds is 0. The third-order valence-corrected chi connectivity index (χ3v) is 0. The molecule has 3 nitrogen and oxygen atoms in total. The molecule has 0 spiro atoms. The van der Waals surface area contributed by atoms with Crippen molar-refractivity contribution in [1.82, 2.24) is 0 Å². The van der Waals surface area contributed by atoms with Gasteiger partial charge in [0.15, 0.2) is 0 Å². The van der Waals surface area contributed by atoms with Gasteiger partial charge in [-0.1, -0.05) is 0 Å². The van der Waals surface area contributed by atoms with E-state index in [0.717, 1.165) is 0 Å². The second kappa shape index (κ2) is 0.948. The molecule has 5 heavy (non-hydrogen) atoms. The Morgan fingerprint density at radius 2 is 1.60 bits per heavy atom. The topological polar surface area (TPSA) is 54.4 Å². The van der Waals surface area contributed by atoms with Crippen LogP contribution in [0.15, 0.2) is 0 Å². The van der Waals surface area contributed by atoms with Crippen molar-refractivity contribution in [2.75, 3.05) is 6.26 Å². The smallest absolute Gasteiger partial charge is 0.261 e. The first-order valence-electron chi connectivity index (χ1n) is 0.924. The first-order chi connectivity index (χ1) is 2.00. The Morgan fingerprint density at radius 3 is 1.60 bits per heavy atom. The molecule has 32 valence electrons. The van der Waals surface area contributed by atoms with Crippen LogP contribution in [0.25, 0.3) is 0 Å². The predicted octanol–water partition coefficient (Wildman–Crippen LogP) is -0.496. The molecule has 0 bridgehead atoms. The molecular formula is CH4O3S. The lowest BCUT2D eigenvalue weighted by Crippen LogP contribution is -1.88. The van der Waals surface area contributed by atoms with Gasteiger partial charge >= 0.3 is 0 Å². The average Bonchev–Trinajstić information content (AvgIpc) is 0.722. The lowest BCUT2D eigenvalue weighted by molar-refractivity contribution is 0.490. The zero-order valence-electron chi connectivity index (χ0n) is 2.67. The van der Waals surface area contributed by atoms with Crippen LogP contribution in [0.1, 0.15) is 0 Å². The van der Waals surface area contributed by atoms with E-state index in [0.29, 0.717) is 6.26 Å². The zero-order valence-corrected chi connectivity index (χ0v) is 3.49. The third kappa shape index (κ3) is 1760. The lowest BCUT2D eigenvalue weighted by atomic mass is 12.9. The Hall–Kier alpha value is -0.0900. The van der Waals surface area contributed by atoms with Gasteiger partial charge < -0.3 is 0 Å². The molecule has 0 aliphatic carbocycles. The van der Waals surface area contributed by atoms with Crippen molar-refractivity contribution < 1.29 is 13.0 Å². The van der Waals surface area contributed by atoms with E-state index < -0.39 is 10.1 Å². The van der Waals surface area contributed by atoms with Crippen molar-refractivity contribution in [3.63, 3.8) is 0 Å². The molecule has 4 heteroatoms. The molecule has 0 saturated carbocycles. The summed E-state index contributed by atoms with van der Waals surface area (Å²) in [6.07, 6.45) is 0.715. The molecule has 0 aromatic heterocycles. The van der Waals surface area contributed by atoms with Crippen molar-refractivity contribution >= 4 is 10.1 Å². The summed E-state index contributed by atoms with van der Waals surface area (Å²) in [5, 5.41) is 0. The fourth-order valence-corrected chi connectivity index (χ4v) is 0. The van der Waals surface area contributed by atoms with Crippen LogP contribution in [0.3, 0.4) is 0 Å². The maximum Gasteiger partial charge on any atom is 0.261 e. The number of hydrogen-bond donors (Lipinski definition) is 1. The van der Waals surface area contributed by atoms with E-state index in [1.54, 1.807) is 0 Å². The van der Waals surface area contributed by atoms with Crippen molar-refractivity contribution in [3.8, 4) is 0 Å². The second-order valence-electron chi connectivity index (χ2n) is 0.733. The quantitative estimate of drug-likeness (QED) is 0.327. The lowest BCUT2D eigenvalue weighted by Gasteiger charge is -1.69. The molecule has 0 aromatic carbocycles. The zero-order chi connectivity index (χ0) is 4.50. The molecule has 0 unspecified atom stereocenters. The van der Waals surface area contributed by atoms with E-state index in [2.05, 4.69) is 0 Å². The number of hydrogen-bond acceptors (Lipinski definition) is 2. The molecule has 1 N–H and O–H groups in total. The minimum Gasteiger partial charge on any atom is -0.286 e. The molecule has 0 rings (SSSR count). The van der Waals surface area contributed by atoms with Gasteiger partial charge in [0.1, 0.15) is 0 Å². The van der Waals surface area contributed by atoms with Crippen molar-refractivity contribution in [2.45, 2.75) is 0 Å². The molecule has 0 aromatic rings. The van der Waals surface area contributed by atoms with Crippen molar-refractivity contribution in [1.29, 1.82) is 0 Å². The highest BCUT2D eigenvalue weighted by Gasteiger charge is 1.81.